The minimum Gasteiger partial charge on any atom is -0.358 e. The number of aromatic nitrogens is 5. The highest BCUT2D eigenvalue weighted by molar-refractivity contribution is 6.01. The number of carbonyl (C=O) groups excluding carboxylic acids is 4. The predicted molar refractivity (Wildman–Crippen MR) is 182 cm³/mol. The van der Waals surface area contributed by atoms with E-state index in [2.05, 4.69) is 46.9 Å². The Morgan fingerprint density at radius 2 is 1.63 bits per heavy atom. The first-order valence-corrected chi connectivity index (χ1v) is 17.1. The van der Waals surface area contributed by atoms with Crippen molar-refractivity contribution in [3.63, 3.8) is 0 Å². The number of aryl methyl sites for hydroxylation is 1. The van der Waals surface area contributed by atoms with E-state index in [0.717, 1.165) is 6.07 Å². The molecule has 2 unspecified atom stereocenters. The topological polar surface area (TPSA) is 187 Å². The van der Waals surface area contributed by atoms with Crippen LogP contribution in [0.5, 0.6) is 0 Å². The average Bonchev–Trinajstić information content (AvgIpc) is 3.76. The van der Waals surface area contributed by atoms with Gasteiger partial charge in [-0.05, 0) is 53.2 Å². The lowest BCUT2D eigenvalue weighted by Crippen LogP contribution is -2.67. The molecule has 0 fully saturated rings. The van der Waals surface area contributed by atoms with Crippen LogP contribution in [0.2, 0.25) is 0 Å². The monoisotopic (exact) mass is 727 g/mol. The highest BCUT2D eigenvalue weighted by Gasteiger charge is 2.47. The smallest absolute Gasteiger partial charge is 0.358 e. The summed E-state index contributed by atoms with van der Waals surface area (Å²) in [6.07, 6.45) is -4.30. The summed E-state index contributed by atoms with van der Waals surface area (Å²) in [5.41, 5.74) is -1.77. The number of hydrogen-bond donors (Lipinski definition) is 6. The van der Waals surface area contributed by atoms with E-state index in [1.54, 1.807) is 19.9 Å². The predicted octanol–water partition coefficient (Wildman–Crippen LogP) is 4.13. The number of hydrogen-bond acceptors (Lipinski definition) is 7. The SMILES string of the molecule is CCC(C)[C@H](NC(=O)Cc1ccccc1F)C(=O)N[C@]1(C(=O)N[C@H](C(=O)Nc2nn[nH]n2)C(C)CC)CCc2[nH]c3c(C(F)(F)F)cccc3c2C1. The first-order chi connectivity index (χ1) is 24.7. The van der Waals surface area contributed by atoms with Gasteiger partial charge in [0.2, 0.25) is 23.6 Å². The summed E-state index contributed by atoms with van der Waals surface area (Å²) in [6.45, 7) is 7.11. The number of tetrazole rings is 1. The van der Waals surface area contributed by atoms with Crippen molar-refractivity contribution in [3.8, 4) is 0 Å². The van der Waals surface area contributed by atoms with E-state index in [4.69, 9.17) is 0 Å². The van der Waals surface area contributed by atoms with E-state index in [0.29, 0.717) is 24.1 Å². The molecule has 13 nitrogen and oxygen atoms in total. The lowest BCUT2D eigenvalue weighted by Gasteiger charge is -2.39. The summed E-state index contributed by atoms with van der Waals surface area (Å²) in [7, 11) is 0. The number of para-hydroxylation sites is 1. The maximum absolute atomic E-state index is 14.6. The molecule has 0 spiro atoms. The van der Waals surface area contributed by atoms with Crippen molar-refractivity contribution in [2.24, 2.45) is 11.8 Å². The Morgan fingerprint density at radius 1 is 0.942 bits per heavy atom. The number of carbonyl (C=O) groups is 4. The van der Waals surface area contributed by atoms with Gasteiger partial charge in [0.25, 0.3) is 5.95 Å². The second kappa shape index (κ2) is 15.5. The van der Waals surface area contributed by atoms with Crippen LogP contribution < -0.4 is 21.3 Å². The van der Waals surface area contributed by atoms with Crippen molar-refractivity contribution < 1.29 is 36.7 Å². The number of aromatic amines is 2. The molecule has 0 saturated heterocycles. The first-order valence-electron chi connectivity index (χ1n) is 17.1. The van der Waals surface area contributed by atoms with Crippen molar-refractivity contribution in [2.45, 2.75) is 90.0 Å². The van der Waals surface area contributed by atoms with Gasteiger partial charge in [0, 0.05) is 17.5 Å². The zero-order valence-electron chi connectivity index (χ0n) is 29.1. The average molecular weight is 728 g/mol. The van der Waals surface area contributed by atoms with Crippen LogP contribution in [0.1, 0.15) is 69.3 Å². The third kappa shape index (κ3) is 8.07. The van der Waals surface area contributed by atoms with Gasteiger partial charge < -0.3 is 20.9 Å². The molecule has 4 aromatic rings. The minimum absolute atomic E-state index is 0.0537. The van der Waals surface area contributed by atoms with E-state index in [1.165, 1.54) is 30.3 Å². The van der Waals surface area contributed by atoms with E-state index < -0.39 is 70.6 Å². The van der Waals surface area contributed by atoms with E-state index >= 15 is 0 Å². The number of H-pyrrole nitrogens is 2. The summed E-state index contributed by atoms with van der Waals surface area (Å²) in [4.78, 5) is 58.3. The van der Waals surface area contributed by atoms with Gasteiger partial charge in [-0.3, -0.25) is 24.5 Å². The molecule has 5 rings (SSSR count). The van der Waals surface area contributed by atoms with Gasteiger partial charge in [-0.2, -0.15) is 18.4 Å². The Balaban J connectivity index is 1.51. The number of amides is 4. The second-order valence-corrected chi connectivity index (χ2v) is 13.3. The molecule has 0 saturated carbocycles. The van der Waals surface area contributed by atoms with Crippen LogP contribution in [-0.2, 0) is 44.6 Å². The van der Waals surface area contributed by atoms with E-state index in [1.807, 2.05) is 13.8 Å². The fourth-order valence-corrected chi connectivity index (χ4v) is 6.50. The number of fused-ring (bicyclic) bond motifs is 3. The molecule has 2 aromatic heterocycles. The van der Waals surface area contributed by atoms with Crippen molar-refractivity contribution in [1.29, 1.82) is 0 Å². The Hall–Kier alpha value is -5.35. The van der Waals surface area contributed by atoms with Crippen LogP contribution in [0.3, 0.4) is 0 Å². The van der Waals surface area contributed by atoms with Crippen LogP contribution in [0, 0.1) is 17.7 Å². The highest BCUT2D eigenvalue weighted by atomic mass is 19.4. The van der Waals surface area contributed by atoms with Gasteiger partial charge in [0.15, 0.2) is 0 Å². The number of rotatable bonds is 13. The summed E-state index contributed by atoms with van der Waals surface area (Å²) in [5.74, 6) is -4.31. The van der Waals surface area contributed by atoms with Crippen molar-refractivity contribution in [3.05, 3.63) is 70.7 Å². The molecule has 0 bridgehead atoms. The Morgan fingerprint density at radius 3 is 2.27 bits per heavy atom. The van der Waals surface area contributed by atoms with Crippen molar-refractivity contribution >= 4 is 40.5 Å². The zero-order chi connectivity index (χ0) is 37.8. The molecule has 2 heterocycles. The summed E-state index contributed by atoms with van der Waals surface area (Å²) >= 11 is 0. The molecule has 0 radical (unpaired) electrons. The highest BCUT2D eigenvalue weighted by Crippen LogP contribution is 2.40. The largest absolute Gasteiger partial charge is 0.418 e. The molecule has 0 aliphatic heterocycles. The maximum atomic E-state index is 14.6. The first kappa shape index (κ1) is 37.9. The molecule has 278 valence electrons. The van der Waals surface area contributed by atoms with Crippen LogP contribution in [-0.4, -0.2) is 66.9 Å². The number of halogens is 4. The van der Waals surface area contributed by atoms with Crippen LogP contribution in [0.4, 0.5) is 23.5 Å². The Bertz CT molecular complexity index is 1930. The molecule has 17 heteroatoms. The Kier molecular flexibility index (Phi) is 11.3. The molecular formula is C35H41F4N9O4. The molecule has 6 N–H and O–H groups in total. The van der Waals surface area contributed by atoms with Crippen LogP contribution >= 0.6 is 0 Å². The van der Waals surface area contributed by atoms with Gasteiger partial charge in [-0.1, -0.05) is 76.0 Å². The maximum Gasteiger partial charge on any atom is 0.418 e. The molecule has 5 atom stereocenters. The summed E-state index contributed by atoms with van der Waals surface area (Å²) < 4.78 is 56.4. The van der Waals surface area contributed by atoms with Gasteiger partial charge >= 0.3 is 6.18 Å². The number of nitrogens with zero attached hydrogens (tertiary/aromatic N) is 3. The number of benzene rings is 2. The molecule has 1 aliphatic carbocycles. The van der Waals surface area contributed by atoms with E-state index in [-0.39, 0.29) is 48.1 Å². The molecule has 52 heavy (non-hydrogen) atoms. The molecule has 2 aromatic carbocycles. The Labute approximate surface area is 296 Å². The fraction of sp³-hybridized carbons (Fsp3) is 0.457. The van der Waals surface area contributed by atoms with E-state index in [9.17, 15) is 36.7 Å². The van der Waals surface area contributed by atoms with Crippen molar-refractivity contribution in [2.75, 3.05) is 5.32 Å². The molecule has 1 aliphatic rings. The summed E-state index contributed by atoms with van der Waals surface area (Å²) in [6, 6.07) is 7.20. The third-order valence-corrected chi connectivity index (χ3v) is 9.90. The second-order valence-electron chi connectivity index (χ2n) is 13.3. The minimum atomic E-state index is -4.66. The lowest BCUT2D eigenvalue weighted by molar-refractivity contribution is -0.138. The zero-order valence-corrected chi connectivity index (χ0v) is 29.1. The van der Waals surface area contributed by atoms with Crippen LogP contribution in [0.25, 0.3) is 10.9 Å². The van der Waals surface area contributed by atoms with Gasteiger partial charge in [-0.15, -0.1) is 5.10 Å². The van der Waals surface area contributed by atoms with Crippen LogP contribution in [0.15, 0.2) is 42.5 Å². The fourth-order valence-electron chi connectivity index (χ4n) is 6.50. The number of alkyl halides is 3. The standard InChI is InChI=1S/C35H41F4N9O4/c1-5-18(3)27(30(50)43-33-45-47-48-46-33)42-32(52)34(15-14-25-22(17-34)21-11-9-12-23(29(21)40-25)35(37,38)39)44-31(51)28(19(4)6-2)41-26(49)16-20-10-7-8-13-24(20)36/h7-13,18-19,27-28,40H,5-6,14-17H2,1-4H3,(H,41,49)(H,42,52)(H,44,51)(H2,43,45,46,47,48,50)/t18?,19?,27-,28-,34+/m0/s1. The lowest BCUT2D eigenvalue weighted by atomic mass is 9.78. The number of nitrogens with one attached hydrogen (secondary N) is 6. The normalized spacial score (nSPS) is 18.1. The van der Waals surface area contributed by atoms with Gasteiger partial charge in [0.05, 0.1) is 17.5 Å². The molecular weight excluding hydrogens is 686 g/mol. The van der Waals surface area contributed by atoms with Gasteiger partial charge in [-0.25, -0.2) is 4.39 Å². The molecule has 4 amide bonds. The third-order valence-electron chi connectivity index (χ3n) is 9.90. The van der Waals surface area contributed by atoms with Gasteiger partial charge in [0.1, 0.15) is 23.4 Å². The number of anilines is 1. The van der Waals surface area contributed by atoms with Crippen molar-refractivity contribution in [1.82, 2.24) is 41.6 Å². The summed E-state index contributed by atoms with van der Waals surface area (Å²) in [5, 5.41) is 24.2. The quantitative estimate of drug-likeness (QED) is 0.112.